The summed E-state index contributed by atoms with van der Waals surface area (Å²) < 4.78 is 0. The molecule has 5 nitrogen and oxygen atoms in total. The third kappa shape index (κ3) is 4.32. The number of carbonyl (C=O) groups is 1. The number of carbonyl (C=O) groups excluding carboxylic acids is 1. The van der Waals surface area contributed by atoms with Crippen molar-refractivity contribution in [1.29, 1.82) is 0 Å². The van der Waals surface area contributed by atoms with Gasteiger partial charge in [-0.15, -0.1) is 0 Å². The summed E-state index contributed by atoms with van der Waals surface area (Å²) in [5.74, 6) is -0.240. The molecule has 0 fully saturated rings. The maximum Gasteiger partial charge on any atom is 0.241 e. The fraction of sp³-hybridized carbons (Fsp3) is 0.0952. The van der Waals surface area contributed by atoms with Gasteiger partial charge in [0.15, 0.2) is 5.69 Å². The zero-order chi connectivity index (χ0) is 18.4. The molecule has 2 aromatic carbocycles. The molecule has 26 heavy (non-hydrogen) atoms. The van der Waals surface area contributed by atoms with E-state index in [2.05, 4.69) is 15.1 Å². The van der Waals surface area contributed by atoms with Crippen LogP contribution in [0.3, 0.4) is 0 Å². The molecule has 3 rings (SSSR count). The van der Waals surface area contributed by atoms with Crippen molar-refractivity contribution in [1.82, 2.24) is 4.98 Å². The summed E-state index contributed by atoms with van der Waals surface area (Å²) in [7, 11) is 0. The number of pyridine rings is 1. The van der Waals surface area contributed by atoms with E-state index in [0.29, 0.717) is 17.8 Å². The molecule has 1 aromatic heterocycles. The largest absolute Gasteiger partial charge is 0.325 e. The topological polar surface area (TPSA) is 72.4 Å². The first-order valence-electron chi connectivity index (χ1n) is 8.19. The highest BCUT2D eigenvalue weighted by Gasteiger charge is 2.14. The van der Waals surface area contributed by atoms with Gasteiger partial charge in [-0.25, -0.2) is 4.85 Å². The minimum atomic E-state index is -0.659. The molecule has 3 aromatic rings. The molecule has 0 saturated carbocycles. The average Bonchev–Trinajstić information content (AvgIpc) is 2.70. The Balaban J connectivity index is 1.61. The highest BCUT2D eigenvalue weighted by Crippen LogP contribution is 2.20. The number of hydrogen-bond donors (Lipinski definition) is 2. The van der Waals surface area contributed by atoms with Gasteiger partial charge in [0.25, 0.3) is 0 Å². The SMILES string of the molecule is [C-]#[N+]c1ccc(C[C@@H](N)C(=O)Nc2ccc(-c3ccncc3)cc2)cc1. The number of aromatic nitrogens is 1. The Kier molecular flexibility index (Phi) is 5.37. The van der Waals surface area contributed by atoms with Crippen molar-refractivity contribution in [2.24, 2.45) is 5.73 Å². The second-order valence-corrected chi connectivity index (χ2v) is 5.89. The first-order chi connectivity index (χ1) is 12.7. The summed E-state index contributed by atoms with van der Waals surface area (Å²) >= 11 is 0. The molecule has 0 aliphatic rings. The van der Waals surface area contributed by atoms with Crippen LogP contribution >= 0.6 is 0 Å². The van der Waals surface area contributed by atoms with E-state index in [4.69, 9.17) is 12.3 Å². The maximum atomic E-state index is 12.3. The van der Waals surface area contributed by atoms with Crippen molar-refractivity contribution in [2.45, 2.75) is 12.5 Å². The van der Waals surface area contributed by atoms with Gasteiger partial charge in [-0.05, 0) is 47.4 Å². The molecular weight excluding hydrogens is 324 g/mol. The van der Waals surface area contributed by atoms with Gasteiger partial charge < -0.3 is 11.1 Å². The Bertz CT molecular complexity index is 913. The van der Waals surface area contributed by atoms with Crippen LogP contribution in [0.2, 0.25) is 0 Å². The van der Waals surface area contributed by atoms with Gasteiger partial charge in [0.1, 0.15) is 0 Å². The van der Waals surface area contributed by atoms with Crippen LogP contribution in [0.25, 0.3) is 16.0 Å². The Morgan fingerprint density at radius 1 is 1.00 bits per heavy atom. The fourth-order valence-corrected chi connectivity index (χ4v) is 2.58. The van der Waals surface area contributed by atoms with Crippen LogP contribution < -0.4 is 11.1 Å². The third-order valence-electron chi connectivity index (χ3n) is 4.02. The zero-order valence-corrected chi connectivity index (χ0v) is 14.1. The molecule has 1 atom stereocenters. The molecule has 1 heterocycles. The monoisotopic (exact) mass is 342 g/mol. The summed E-state index contributed by atoms with van der Waals surface area (Å²) in [4.78, 5) is 19.7. The third-order valence-corrected chi connectivity index (χ3v) is 4.02. The van der Waals surface area contributed by atoms with E-state index in [1.54, 1.807) is 24.5 Å². The van der Waals surface area contributed by atoms with Crippen molar-refractivity contribution < 1.29 is 4.79 Å². The van der Waals surface area contributed by atoms with Gasteiger partial charge in [0.05, 0.1) is 12.6 Å². The van der Waals surface area contributed by atoms with Gasteiger partial charge in [-0.3, -0.25) is 9.78 Å². The molecule has 128 valence electrons. The first-order valence-corrected chi connectivity index (χ1v) is 8.19. The molecule has 0 radical (unpaired) electrons. The lowest BCUT2D eigenvalue weighted by Gasteiger charge is -2.13. The number of amides is 1. The summed E-state index contributed by atoms with van der Waals surface area (Å²) in [5.41, 5.74) is 10.3. The fourth-order valence-electron chi connectivity index (χ4n) is 2.58. The Morgan fingerprint density at radius 2 is 1.62 bits per heavy atom. The second-order valence-electron chi connectivity index (χ2n) is 5.89. The lowest BCUT2D eigenvalue weighted by Crippen LogP contribution is -2.37. The van der Waals surface area contributed by atoms with Crippen molar-refractivity contribution in [3.63, 3.8) is 0 Å². The van der Waals surface area contributed by atoms with E-state index in [9.17, 15) is 4.79 Å². The van der Waals surface area contributed by atoms with Gasteiger partial charge in [0, 0.05) is 18.1 Å². The summed E-state index contributed by atoms with van der Waals surface area (Å²) in [6, 6.07) is 17.9. The summed E-state index contributed by atoms with van der Waals surface area (Å²) in [5, 5.41) is 2.84. The van der Waals surface area contributed by atoms with E-state index in [-0.39, 0.29) is 5.91 Å². The minimum Gasteiger partial charge on any atom is -0.325 e. The highest BCUT2D eigenvalue weighted by molar-refractivity contribution is 5.95. The van der Waals surface area contributed by atoms with Gasteiger partial charge in [0.2, 0.25) is 5.91 Å². The van der Waals surface area contributed by atoms with E-state index in [1.165, 1.54) is 0 Å². The van der Waals surface area contributed by atoms with E-state index < -0.39 is 6.04 Å². The normalized spacial score (nSPS) is 11.4. The van der Waals surface area contributed by atoms with Gasteiger partial charge in [-0.2, -0.15) is 0 Å². The number of nitrogens with two attached hydrogens (primary N) is 1. The van der Waals surface area contributed by atoms with Crippen LogP contribution in [0.4, 0.5) is 11.4 Å². The molecule has 0 saturated heterocycles. The molecular formula is C21H18N4O. The minimum absolute atomic E-state index is 0.240. The number of rotatable bonds is 5. The quantitative estimate of drug-likeness (QED) is 0.693. The van der Waals surface area contributed by atoms with Gasteiger partial charge >= 0.3 is 0 Å². The van der Waals surface area contributed by atoms with Crippen molar-refractivity contribution in [3.8, 4) is 11.1 Å². The molecule has 0 unspecified atom stereocenters. The molecule has 5 heteroatoms. The lowest BCUT2D eigenvalue weighted by molar-refractivity contribution is -0.117. The lowest BCUT2D eigenvalue weighted by atomic mass is 10.0. The molecule has 1 amide bonds. The Morgan fingerprint density at radius 3 is 2.23 bits per heavy atom. The second kappa shape index (κ2) is 8.06. The molecule has 0 spiro atoms. The number of benzene rings is 2. The predicted molar refractivity (Wildman–Crippen MR) is 103 cm³/mol. The van der Waals surface area contributed by atoms with Crippen LogP contribution in [0, 0.1) is 6.57 Å². The van der Waals surface area contributed by atoms with Crippen LogP contribution in [0.5, 0.6) is 0 Å². The molecule has 0 aliphatic carbocycles. The van der Waals surface area contributed by atoms with Gasteiger partial charge in [-0.1, -0.05) is 36.4 Å². The number of nitrogens with zero attached hydrogens (tertiary/aromatic N) is 2. The molecule has 0 bridgehead atoms. The van der Waals surface area contributed by atoms with Crippen LogP contribution in [-0.4, -0.2) is 16.9 Å². The average molecular weight is 342 g/mol. The number of hydrogen-bond acceptors (Lipinski definition) is 3. The van der Waals surface area contributed by atoms with E-state index >= 15 is 0 Å². The smallest absolute Gasteiger partial charge is 0.241 e. The van der Waals surface area contributed by atoms with Crippen molar-refractivity contribution in [3.05, 3.63) is 90.0 Å². The molecule has 0 aliphatic heterocycles. The molecule has 3 N–H and O–H groups in total. The highest BCUT2D eigenvalue weighted by atomic mass is 16.2. The van der Waals surface area contributed by atoms with Crippen LogP contribution in [0.1, 0.15) is 5.56 Å². The number of nitrogens with one attached hydrogen (secondary N) is 1. The summed E-state index contributed by atoms with van der Waals surface area (Å²) in [6.07, 6.45) is 3.91. The van der Waals surface area contributed by atoms with E-state index in [1.807, 2.05) is 48.5 Å². The number of anilines is 1. The van der Waals surface area contributed by atoms with Crippen molar-refractivity contribution in [2.75, 3.05) is 5.32 Å². The first kappa shape index (κ1) is 17.3. The standard InChI is InChI=1S/C21H18N4O/c1-23-18-6-2-15(3-7-18)14-20(22)21(26)25-19-8-4-16(5-9-19)17-10-12-24-13-11-17/h2-13,20H,14,22H2,(H,25,26)/t20-/m1/s1. The van der Waals surface area contributed by atoms with E-state index in [0.717, 1.165) is 16.7 Å². The predicted octanol–water partition coefficient (Wildman–Crippen LogP) is 3.81. The Hall–Kier alpha value is -3.49. The van der Waals surface area contributed by atoms with Crippen molar-refractivity contribution >= 4 is 17.3 Å². The zero-order valence-electron chi connectivity index (χ0n) is 14.1. The maximum absolute atomic E-state index is 12.3. The summed E-state index contributed by atoms with van der Waals surface area (Å²) in [6.45, 7) is 6.95. The van der Waals surface area contributed by atoms with Crippen LogP contribution in [-0.2, 0) is 11.2 Å². The van der Waals surface area contributed by atoms with Crippen LogP contribution in [0.15, 0.2) is 73.1 Å². The Labute approximate surface area is 152 Å².